The second-order valence-corrected chi connectivity index (χ2v) is 10.3. The van der Waals surface area contributed by atoms with Crippen molar-refractivity contribution in [1.29, 1.82) is 0 Å². The fourth-order valence-electron chi connectivity index (χ4n) is 4.16. The minimum atomic E-state index is -0.879. The van der Waals surface area contributed by atoms with E-state index in [4.69, 9.17) is 5.11 Å². The van der Waals surface area contributed by atoms with Crippen LogP contribution >= 0.6 is 0 Å². The first-order valence-electron chi connectivity index (χ1n) is 14.8. The van der Waals surface area contributed by atoms with Crippen molar-refractivity contribution < 1.29 is 39.0 Å². The maximum absolute atomic E-state index is 12.4. The van der Waals surface area contributed by atoms with E-state index in [1.807, 2.05) is 45.0 Å². The predicted molar refractivity (Wildman–Crippen MR) is 162 cm³/mol. The number of carbonyl (C=O) groups is 3. The zero-order valence-corrected chi connectivity index (χ0v) is 27.9. The van der Waals surface area contributed by atoms with Crippen LogP contribution in [0.1, 0.15) is 62.2 Å². The van der Waals surface area contributed by atoms with Crippen LogP contribution in [0.5, 0.6) is 0 Å². The molecule has 4 aliphatic rings. The fraction of sp³-hybridized carbons (Fsp3) is 0.412. The Morgan fingerprint density at radius 2 is 1.31 bits per heavy atom. The summed E-state index contributed by atoms with van der Waals surface area (Å²) in [4.78, 5) is 40.7. The van der Waals surface area contributed by atoms with Crippen molar-refractivity contribution in [3.63, 3.8) is 0 Å². The van der Waals surface area contributed by atoms with Gasteiger partial charge in [0.2, 0.25) is 11.6 Å². The zero-order chi connectivity index (χ0) is 29.5. The van der Waals surface area contributed by atoms with E-state index in [2.05, 4.69) is 19.9 Å². The van der Waals surface area contributed by atoms with Crippen molar-refractivity contribution in [2.75, 3.05) is 39.3 Å². The molecule has 0 radical (unpaired) electrons. The third-order valence-electron chi connectivity index (χ3n) is 6.72. The van der Waals surface area contributed by atoms with E-state index in [-0.39, 0.29) is 31.0 Å². The molecule has 0 amide bonds. The molecule has 42 heavy (non-hydrogen) atoms. The molecule has 0 spiro atoms. The number of hydrogen-bond acceptors (Lipinski definition) is 6. The minimum absolute atomic E-state index is 0. The average molecular weight is 623 g/mol. The van der Waals surface area contributed by atoms with E-state index in [1.54, 1.807) is 30.3 Å². The van der Waals surface area contributed by atoms with Gasteiger partial charge in [-0.2, -0.15) is 42.8 Å². The number of nitrogens with zero attached hydrogens (tertiary/aromatic N) is 3. The van der Waals surface area contributed by atoms with Crippen molar-refractivity contribution in [2.24, 2.45) is 0 Å². The first-order valence-corrected chi connectivity index (χ1v) is 14.8. The number of Topliss-reactive ketones (excluding diaryl/α,β-unsaturated/α-hetero) is 1. The number of ketones is 2. The van der Waals surface area contributed by atoms with E-state index in [0.29, 0.717) is 22.7 Å². The molecule has 3 aliphatic heterocycles. The van der Waals surface area contributed by atoms with E-state index in [1.165, 1.54) is 44.6 Å². The van der Waals surface area contributed by atoms with Gasteiger partial charge in [0.15, 0.2) is 0 Å². The molecule has 0 unspecified atom stereocenters. The van der Waals surface area contributed by atoms with Crippen LogP contribution in [0.4, 0.5) is 0 Å². The van der Waals surface area contributed by atoms with Crippen molar-refractivity contribution in [3.05, 3.63) is 102 Å². The number of carboxylic acid groups (broad SMARTS) is 1. The maximum Gasteiger partial charge on any atom is 2.00 e. The number of hydrogen-bond donors (Lipinski definition) is 1. The van der Waals surface area contributed by atoms with Crippen molar-refractivity contribution in [1.82, 2.24) is 14.7 Å². The SMILES string of the molecule is O=C(O)c1ccccc1.O=C1C=C(N2CC2)C(=O)C(N2CC2)=C1N1CC1.[CH2-]CCCCCCCC.[Zn+2].[c-]1ccccc1. The topological polar surface area (TPSA) is 80.5 Å². The third-order valence-corrected chi connectivity index (χ3v) is 6.72. The Hall–Kier alpha value is -3.25. The quantitative estimate of drug-likeness (QED) is 0.121. The van der Waals surface area contributed by atoms with Gasteiger partial charge in [0.1, 0.15) is 11.4 Å². The van der Waals surface area contributed by atoms with Crippen LogP contribution in [0.3, 0.4) is 0 Å². The monoisotopic (exact) mass is 621 g/mol. The summed E-state index contributed by atoms with van der Waals surface area (Å²) in [5.74, 6) is -0.831. The summed E-state index contributed by atoms with van der Waals surface area (Å²) in [5, 5.41) is 8.38. The Labute approximate surface area is 264 Å². The van der Waals surface area contributed by atoms with Gasteiger partial charge < -0.3 is 26.7 Å². The number of allylic oxidation sites excluding steroid dienone is 1. The van der Waals surface area contributed by atoms with Gasteiger partial charge in [0.05, 0.1) is 11.3 Å². The second kappa shape index (κ2) is 19.0. The van der Waals surface area contributed by atoms with Gasteiger partial charge in [-0.05, 0) is 12.1 Å². The molecule has 2 aromatic carbocycles. The largest absolute Gasteiger partial charge is 2.00 e. The molecule has 8 heteroatoms. The number of unbranched alkanes of at least 4 members (excludes halogenated alkanes) is 6. The van der Waals surface area contributed by atoms with Gasteiger partial charge in [0.25, 0.3) is 0 Å². The number of rotatable bonds is 10. The van der Waals surface area contributed by atoms with Crippen LogP contribution < -0.4 is 0 Å². The van der Waals surface area contributed by atoms with Gasteiger partial charge >= 0.3 is 25.4 Å². The fourth-order valence-corrected chi connectivity index (χ4v) is 4.16. The standard InChI is InChI=1S/C12H13N3O2.C9H19.C7H6O2.C6H5.Zn/c16-9-7-8(13-1-2-13)12(17)11(15-5-6-15)10(9)14-3-4-14;1-3-5-7-9-8-6-4-2;8-7(9)6-4-2-1-3-5-6;1-2-4-6-5-3-1;/h7H,1-6H2;1,3-9H2,2H3;1-5H,(H,8,9);1-5H;/q;-1;;-1;+2. The molecule has 1 aliphatic carbocycles. The van der Waals surface area contributed by atoms with Gasteiger partial charge in [0, 0.05) is 45.3 Å². The molecule has 3 saturated heterocycles. The molecular formula is C34H43N3O4Zn. The van der Waals surface area contributed by atoms with Crippen molar-refractivity contribution in [3.8, 4) is 0 Å². The molecular weight excluding hydrogens is 580 g/mol. The van der Waals surface area contributed by atoms with Crippen LogP contribution in [0.15, 0.2) is 83.8 Å². The molecule has 1 N–H and O–H groups in total. The number of aromatic carboxylic acids is 1. The Morgan fingerprint density at radius 3 is 1.74 bits per heavy atom. The average Bonchev–Trinajstić information content (AvgIpc) is 3.84. The molecule has 7 nitrogen and oxygen atoms in total. The molecule has 3 fully saturated rings. The molecule has 0 saturated carbocycles. The Morgan fingerprint density at radius 1 is 0.786 bits per heavy atom. The number of benzene rings is 2. The van der Waals surface area contributed by atoms with Crippen LogP contribution in [0.2, 0.25) is 0 Å². The summed E-state index contributed by atoms with van der Waals surface area (Å²) in [5.41, 5.74) is 2.22. The zero-order valence-electron chi connectivity index (χ0n) is 25.0. The van der Waals surface area contributed by atoms with Gasteiger partial charge in [-0.15, -0.1) is 0 Å². The molecule has 0 atom stereocenters. The van der Waals surface area contributed by atoms with E-state index in [9.17, 15) is 14.4 Å². The normalized spacial score (nSPS) is 16.0. The van der Waals surface area contributed by atoms with Crippen molar-refractivity contribution >= 4 is 17.5 Å². The predicted octanol–water partition coefficient (Wildman–Crippen LogP) is 5.62. The molecule has 2 aromatic rings. The number of carboxylic acids is 1. The van der Waals surface area contributed by atoms with Crippen molar-refractivity contribution in [2.45, 2.75) is 51.9 Å². The Balaban J connectivity index is 0.000000212. The minimum Gasteiger partial charge on any atom is -0.478 e. The van der Waals surface area contributed by atoms with Gasteiger partial charge in [-0.25, -0.2) is 4.79 Å². The smallest absolute Gasteiger partial charge is 0.478 e. The molecule has 3 heterocycles. The maximum atomic E-state index is 12.4. The van der Waals surface area contributed by atoms with E-state index in [0.717, 1.165) is 45.7 Å². The second-order valence-electron chi connectivity index (χ2n) is 10.3. The molecule has 6 rings (SSSR count). The summed E-state index contributed by atoms with van der Waals surface area (Å²) < 4.78 is 0. The van der Waals surface area contributed by atoms with Gasteiger partial charge in [-0.1, -0.05) is 63.6 Å². The first kappa shape index (κ1) is 35.0. The van der Waals surface area contributed by atoms with E-state index < -0.39 is 5.97 Å². The van der Waals surface area contributed by atoms with Crippen LogP contribution in [-0.2, 0) is 29.1 Å². The number of carbonyl (C=O) groups excluding carboxylic acids is 2. The van der Waals surface area contributed by atoms with E-state index >= 15 is 0 Å². The molecule has 0 bridgehead atoms. The molecule has 220 valence electrons. The Bertz CT molecular complexity index is 1140. The summed E-state index contributed by atoms with van der Waals surface area (Å²) in [6.07, 6.45) is 11.0. The summed E-state index contributed by atoms with van der Waals surface area (Å²) in [6.45, 7) is 11.5. The summed E-state index contributed by atoms with van der Waals surface area (Å²) in [7, 11) is 0. The summed E-state index contributed by atoms with van der Waals surface area (Å²) in [6, 6.07) is 20.8. The van der Waals surface area contributed by atoms with Gasteiger partial charge in [-0.3, -0.25) is 9.59 Å². The van der Waals surface area contributed by atoms with Crippen LogP contribution in [-0.4, -0.2) is 76.6 Å². The third kappa shape index (κ3) is 12.3. The van der Waals surface area contributed by atoms with Crippen LogP contribution in [0, 0.1) is 13.0 Å². The first-order chi connectivity index (χ1) is 20.0. The molecule has 0 aromatic heterocycles. The van der Waals surface area contributed by atoms with Crippen LogP contribution in [0.25, 0.3) is 0 Å². The summed E-state index contributed by atoms with van der Waals surface area (Å²) >= 11 is 0. The Kier molecular flexibility index (Phi) is 15.8.